The molecule has 0 atom stereocenters. The van der Waals surface area contributed by atoms with Crippen molar-refractivity contribution in [1.82, 2.24) is 15.0 Å². The SMILES string of the molecule is Clc1ccc(-c2cc(-c3ccnc4ccccc34)sc2-c2ncc[nH]2)c(Cl)c1. The van der Waals surface area contributed by atoms with E-state index in [1.807, 2.05) is 48.8 Å². The molecule has 1 N–H and O–H groups in total. The highest BCUT2D eigenvalue weighted by Gasteiger charge is 2.19. The molecule has 0 amide bonds. The standard InChI is InChI=1S/C22H13Cl2N3S/c23-13-5-6-14(18(24)11-13)17-12-20(28-21(17)22-26-9-10-27-22)16-7-8-25-19-4-2-1-3-15(16)19/h1-12H,(H,26,27). The second-order valence-corrected chi connectivity index (χ2v) is 8.19. The number of aromatic amines is 1. The minimum absolute atomic E-state index is 0.615. The van der Waals surface area contributed by atoms with Gasteiger partial charge in [0.05, 0.1) is 10.4 Å². The van der Waals surface area contributed by atoms with Crippen molar-refractivity contribution in [2.45, 2.75) is 0 Å². The summed E-state index contributed by atoms with van der Waals surface area (Å²) >= 11 is 14.3. The van der Waals surface area contributed by atoms with Gasteiger partial charge in [-0.25, -0.2) is 4.98 Å². The molecule has 5 aromatic rings. The Labute approximate surface area is 175 Å². The number of fused-ring (bicyclic) bond motifs is 1. The van der Waals surface area contributed by atoms with Gasteiger partial charge in [0.25, 0.3) is 0 Å². The highest BCUT2D eigenvalue weighted by atomic mass is 35.5. The highest BCUT2D eigenvalue weighted by Crippen LogP contribution is 2.45. The molecule has 136 valence electrons. The Morgan fingerprint density at radius 2 is 1.71 bits per heavy atom. The average molecular weight is 422 g/mol. The van der Waals surface area contributed by atoms with E-state index in [4.69, 9.17) is 23.2 Å². The Bertz CT molecular complexity index is 1290. The monoisotopic (exact) mass is 421 g/mol. The third-order valence-electron chi connectivity index (χ3n) is 4.58. The first-order valence-electron chi connectivity index (χ1n) is 8.64. The molecule has 3 nitrogen and oxygen atoms in total. The number of halogens is 2. The van der Waals surface area contributed by atoms with Gasteiger partial charge < -0.3 is 4.98 Å². The summed E-state index contributed by atoms with van der Waals surface area (Å²) in [5, 5.41) is 2.35. The fourth-order valence-electron chi connectivity index (χ4n) is 3.31. The molecule has 0 radical (unpaired) electrons. The summed E-state index contributed by atoms with van der Waals surface area (Å²) in [6.07, 6.45) is 5.42. The van der Waals surface area contributed by atoms with Crippen molar-refractivity contribution in [2.75, 3.05) is 0 Å². The van der Waals surface area contributed by atoms with E-state index in [0.717, 1.165) is 43.2 Å². The van der Waals surface area contributed by atoms with Crippen molar-refractivity contribution in [3.8, 4) is 32.3 Å². The molecule has 6 heteroatoms. The molecule has 0 bridgehead atoms. The van der Waals surface area contributed by atoms with Gasteiger partial charge in [-0.15, -0.1) is 11.3 Å². The number of thiophene rings is 1. The molecule has 0 saturated heterocycles. The Morgan fingerprint density at radius 3 is 2.54 bits per heavy atom. The quantitative estimate of drug-likeness (QED) is 0.331. The van der Waals surface area contributed by atoms with Crippen LogP contribution < -0.4 is 0 Å². The number of nitrogens with zero attached hydrogens (tertiary/aromatic N) is 2. The second-order valence-electron chi connectivity index (χ2n) is 6.29. The van der Waals surface area contributed by atoms with E-state index in [-0.39, 0.29) is 0 Å². The number of hydrogen-bond donors (Lipinski definition) is 1. The summed E-state index contributed by atoms with van der Waals surface area (Å²) in [7, 11) is 0. The maximum absolute atomic E-state index is 6.53. The summed E-state index contributed by atoms with van der Waals surface area (Å²) < 4.78 is 0. The lowest BCUT2D eigenvalue weighted by Gasteiger charge is -2.05. The van der Waals surface area contributed by atoms with Crippen molar-refractivity contribution < 1.29 is 0 Å². The molecule has 0 spiro atoms. The average Bonchev–Trinajstić information content (AvgIpc) is 3.37. The van der Waals surface area contributed by atoms with Crippen LogP contribution in [0.4, 0.5) is 0 Å². The van der Waals surface area contributed by atoms with Gasteiger partial charge in [-0.05, 0) is 30.3 Å². The van der Waals surface area contributed by atoms with E-state index >= 15 is 0 Å². The number of para-hydroxylation sites is 1. The van der Waals surface area contributed by atoms with Crippen molar-refractivity contribution in [3.05, 3.63) is 83.2 Å². The largest absolute Gasteiger partial charge is 0.344 e. The number of benzene rings is 2. The maximum Gasteiger partial charge on any atom is 0.148 e. The molecular formula is C22H13Cl2N3S. The Hall–Kier alpha value is -2.66. The van der Waals surface area contributed by atoms with Gasteiger partial charge in [-0.1, -0.05) is 47.5 Å². The predicted molar refractivity (Wildman–Crippen MR) is 118 cm³/mol. The van der Waals surface area contributed by atoms with Gasteiger partial charge in [0.15, 0.2) is 0 Å². The normalized spacial score (nSPS) is 11.2. The highest BCUT2D eigenvalue weighted by molar-refractivity contribution is 7.19. The van der Waals surface area contributed by atoms with Crippen molar-refractivity contribution in [2.24, 2.45) is 0 Å². The smallest absolute Gasteiger partial charge is 0.148 e. The molecule has 0 saturated carbocycles. The molecule has 0 aliphatic heterocycles. The number of pyridine rings is 1. The maximum atomic E-state index is 6.53. The van der Waals surface area contributed by atoms with E-state index in [0.29, 0.717) is 10.0 Å². The Balaban J connectivity index is 1.77. The lowest BCUT2D eigenvalue weighted by atomic mass is 10.0. The minimum atomic E-state index is 0.615. The van der Waals surface area contributed by atoms with Crippen molar-refractivity contribution in [1.29, 1.82) is 0 Å². The number of nitrogens with one attached hydrogen (secondary N) is 1. The molecular weight excluding hydrogens is 409 g/mol. The van der Waals surface area contributed by atoms with Crippen LogP contribution in [0.2, 0.25) is 10.0 Å². The van der Waals surface area contributed by atoms with Crippen LogP contribution in [0.15, 0.2) is 73.2 Å². The lowest BCUT2D eigenvalue weighted by molar-refractivity contribution is 1.33. The fourth-order valence-corrected chi connectivity index (χ4v) is 4.99. The van der Waals surface area contributed by atoms with E-state index in [9.17, 15) is 0 Å². The Morgan fingerprint density at radius 1 is 0.821 bits per heavy atom. The molecule has 28 heavy (non-hydrogen) atoms. The first kappa shape index (κ1) is 17.4. The second kappa shape index (κ2) is 7.06. The summed E-state index contributed by atoms with van der Waals surface area (Å²) in [6.45, 7) is 0. The van der Waals surface area contributed by atoms with Gasteiger partial charge in [0.1, 0.15) is 5.82 Å². The first-order valence-corrected chi connectivity index (χ1v) is 10.2. The Kier molecular flexibility index (Phi) is 4.40. The van der Waals surface area contributed by atoms with E-state index in [1.165, 1.54) is 0 Å². The van der Waals surface area contributed by atoms with E-state index in [2.05, 4.69) is 27.1 Å². The van der Waals surface area contributed by atoms with Crippen LogP contribution in [0, 0.1) is 0 Å². The molecule has 5 rings (SSSR count). The van der Waals surface area contributed by atoms with Gasteiger partial charge >= 0.3 is 0 Å². The zero-order chi connectivity index (χ0) is 19.1. The topological polar surface area (TPSA) is 41.6 Å². The summed E-state index contributed by atoms with van der Waals surface area (Å²) in [6, 6.07) is 17.9. The molecule has 0 aliphatic carbocycles. The van der Waals surface area contributed by atoms with Crippen LogP contribution in [0.1, 0.15) is 0 Å². The van der Waals surface area contributed by atoms with Gasteiger partial charge in [-0.2, -0.15) is 0 Å². The molecule has 2 aromatic carbocycles. The van der Waals surface area contributed by atoms with E-state index < -0.39 is 0 Å². The molecule has 3 aromatic heterocycles. The van der Waals surface area contributed by atoms with Crippen LogP contribution in [0.3, 0.4) is 0 Å². The van der Waals surface area contributed by atoms with Crippen LogP contribution in [0.25, 0.3) is 43.2 Å². The van der Waals surface area contributed by atoms with Crippen LogP contribution in [0.5, 0.6) is 0 Å². The van der Waals surface area contributed by atoms with Gasteiger partial charge in [0, 0.05) is 55.6 Å². The zero-order valence-electron chi connectivity index (χ0n) is 14.5. The lowest BCUT2D eigenvalue weighted by Crippen LogP contribution is -1.83. The fraction of sp³-hybridized carbons (Fsp3) is 0. The molecule has 0 unspecified atom stereocenters. The predicted octanol–water partition coefficient (Wildman–Crippen LogP) is 7.33. The molecule has 0 fully saturated rings. The summed E-state index contributed by atoms with van der Waals surface area (Å²) in [4.78, 5) is 14.3. The number of imidazole rings is 1. The number of hydrogen-bond acceptors (Lipinski definition) is 3. The number of rotatable bonds is 3. The van der Waals surface area contributed by atoms with Crippen LogP contribution in [-0.4, -0.2) is 15.0 Å². The minimum Gasteiger partial charge on any atom is -0.344 e. The number of H-pyrrole nitrogens is 1. The zero-order valence-corrected chi connectivity index (χ0v) is 16.8. The first-order chi connectivity index (χ1) is 13.7. The summed E-state index contributed by atoms with van der Waals surface area (Å²) in [5.74, 6) is 0.815. The van der Waals surface area contributed by atoms with E-state index in [1.54, 1.807) is 23.6 Å². The van der Waals surface area contributed by atoms with Gasteiger partial charge in [0.2, 0.25) is 0 Å². The number of aromatic nitrogens is 3. The van der Waals surface area contributed by atoms with Crippen LogP contribution >= 0.6 is 34.5 Å². The van der Waals surface area contributed by atoms with Crippen LogP contribution in [-0.2, 0) is 0 Å². The third kappa shape index (κ3) is 3.00. The van der Waals surface area contributed by atoms with Crippen molar-refractivity contribution >= 4 is 45.4 Å². The van der Waals surface area contributed by atoms with Gasteiger partial charge in [-0.3, -0.25) is 4.98 Å². The summed E-state index contributed by atoms with van der Waals surface area (Å²) in [5.41, 5.74) is 4.06. The molecule has 3 heterocycles. The molecule has 0 aliphatic rings. The third-order valence-corrected chi connectivity index (χ3v) is 6.30. The van der Waals surface area contributed by atoms with Crippen molar-refractivity contribution in [3.63, 3.8) is 0 Å².